The van der Waals surface area contributed by atoms with E-state index in [9.17, 15) is 14.4 Å². The molecule has 0 aliphatic rings. The third kappa shape index (κ3) is 4.43. The number of esters is 1. The number of hydrogen-bond donors (Lipinski definition) is 0. The van der Waals surface area contributed by atoms with Crippen LogP contribution in [-0.2, 0) is 43.4 Å². The number of ether oxygens (including phenoxy) is 2. The predicted molar refractivity (Wildman–Crippen MR) is 118 cm³/mol. The fraction of sp³-hybridized carbons (Fsp3) is 0.250. The van der Waals surface area contributed by atoms with Crippen LogP contribution in [0.1, 0.15) is 10.7 Å². The number of hydrogen-bond acceptors (Lipinski definition) is 8. The predicted octanol–water partition coefficient (Wildman–Crippen LogP) is 1.87. The summed E-state index contributed by atoms with van der Waals surface area (Å²) in [6, 6.07) is 7.01. The van der Waals surface area contributed by atoms with Crippen LogP contribution in [-0.4, -0.2) is 29.6 Å². The summed E-state index contributed by atoms with van der Waals surface area (Å²) in [4.78, 5) is 45.2. The van der Waals surface area contributed by atoms with Crippen LogP contribution < -0.4 is 16.0 Å². The van der Waals surface area contributed by atoms with Gasteiger partial charge in [-0.25, -0.2) is 14.8 Å². The molecular formula is C20H18ClN5O5S. The van der Waals surface area contributed by atoms with Gasteiger partial charge in [0.25, 0.3) is 5.56 Å². The second kappa shape index (κ2) is 8.97. The first kappa shape index (κ1) is 21.8. The molecule has 10 nitrogen and oxygen atoms in total. The van der Waals surface area contributed by atoms with E-state index in [4.69, 9.17) is 21.1 Å². The molecule has 3 aromatic heterocycles. The smallest absolute Gasteiger partial charge is 0.332 e. The third-order valence-corrected chi connectivity index (χ3v) is 5.80. The highest BCUT2D eigenvalue weighted by Crippen LogP contribution is 2.18. The Hall–Kier alpha value is -3.44. The molecule has 0 saturated carbocycles. The first-order valence-corrected chi connectivity index (χ1v) is 10.7. The SMILES string of the molecule is Cn1c(=O)c2c(ncn2CC(=O)OCc2csc(COc3ccc(Cl)cc3)n2)n(C)c1=O. The van der Waals surface area contributed by atoms with Crippen molar-refractivity contribution in [2.45, 2.75) is 19.8 Å². The van der Waals surface area contributed by atoms with E-state index in [1.807, 2.05) is 0 Å². The van der Waals surface area contributed by atoms with Gasteiger partial charge in [-0.05, 0) is 24.3 Å². The quantitative estimate of drug-likeness (QED) is 0.375. The molecule has 166 valence electrons. The minimum atomic E-state index is -0.563. The Kier molecular flexibility index (Phi) is 6.10. The molecule has 0 fully saturated rings. The van der Waals surface area contributed by atoms with Crippen molar-refractivity contribution >= 4 is 40.1 Å². The lowest BCUT2D eigenvalue weighted by Crippen LogP contribution is -2.37. The van der Waals surface area contributed by atoms with Gasteiger partial charge in [0.2, 0.25) is 0 Å². The number of imidazole rings is 1. The maximum absolute atomic E-state index is 12.4. The Balaban J connectivity index is 1.36. The summed E-state index contributed by atoms with van der Waals surface area (Å²) in [5.41, 5.74) is -0.0719. The number of rotatable bonds is 7. The maximum atomic E-state index is 12.4. The van der Waals surface area contributed by atoms with Gasteiger partial charge in [0, 0.05) is 24.5 Å². The first-order chi connectivity index (χ1) is 15.3. The van der Waals surface area contributed by atoms with Gasteiger partial charge in [-0.2, -0.15) is 0 Å². The zero-order chi connectivity index (χ0) is 22.8. The summed E-state index contributed by atoms with van der Waals surface area (Å²) in [6.45, 7) is 0.0449. The second-order valence-corrected chi connectivity index (χ2v) is 8.27. The summed E-state index contributed by atoms with van der Waals surface area (Å²) in [7, 11) is 2.88. The fourth-order valence-corrected chi connectivity index (χ4v) is 3.83. The van der Waals surface area contributed by atoms with E-state index in [0.29, 0.717) is 16.5 Å². The van der Waals surface area contributed by atoms with Gasteiger partial charge in [-0.1, -0.05) is 11.6 Å². The fourth-order valence-electron chi connectivity index (χ4n) is 3.01. The maximum Gasteiger partial charge on any atom is 0.332 e. The lowest BCUT2D eigenvalue weighted by atomic mass is 10.3. The molecule has 1 aromatic carbocycles. The summed E-state index contributed by atoms with van der Waals surface area (Å²) < 4.78 is 14.5. The molecule has 3 heterocycles. The summed E-state index contributed by atoms with van der Waals surface area (Å²) in [5, 5.41) is 3.14. The third-order valence-electron chi connectivity index (χ3n) is 4.67. The number of fused-ring (bicyclic) bond motifs is 1. The van der Waals surface area contributed by atoms with E-state index in [0.717, 1.165) is 9.57 Å². The molecule has 0 amide bonds. The molecule has 4 aromatic rings. The van der Waals surface area contributed by atoms with Crippen molar-refractivity contribution in [1.82, 2.24) is 23.7 Å². The van der Waals surface area contributed by atoms with Crippen LogP contribution in [0.15, 0.2) is 45.6 Å². The van der Waals surface area contributed by atoms with E-state index < -0.39 is 17.2 Å². The number of carbonyl (C=O) groups excluding carboxylic acids is 1. The van der Waals surface area contributed by atoms with Gasteiger partial charge in [0.1, 0.15) is 30.5 Å². The number of aromatic nitrogens is 5. The number of carbonyl (C=O) groups is 1. The van der Waals surface area contributed by atoms with Crippen LogP contribution in [0.2, 0.25) is 5.02 Å². The van der Waals surface area contributed by atoms with Gasteiger partial charge in [-0.3, -0.25) is 18.7 Å². The van der Waals surface area contributed by atoms with Crippen LogP contribution in [0, 0.1) is 0 Å². The number of nitrogens with zero attached hydrogens (tertiary/aromatic N) is 5. The van der Waals surface area contributed by atoms with Crippen molar-refractivity contribution in [3.05, 3.63) is 72.5 Å². The molecule has 0 aliphatic carbocycles. The summed E-state index contributed by atoms with van der Waals surface area (Å²) >= 11 is 7.24. The normalized spacial score (nSPS) is 11.1. The Morgan fingerprint density at radius 3 is 2.62 bits per heavy atom. The van der Waals surface area contributed by atoms with Gasteiger partial charge in [0.15, 0.2) is 11.2 Å². The van der Waals surface area contributed by atoms with Crippen LogP contribution in [0.3, 0.4) is 0 Å². The van der Waals surface area contributed by atoms with E-state index in [1.54, 1.807) is 29.6 Å². The summed E-state index contributed by atoms with van der Waals surface area (Å²) in [5.74, 6) is 0.112. The topological polar surface area (TPSA) is 110 Å². The van der Waals surface area contributed by atoms with Crippen molar-refractivity contribution in [2.24, 2.45) is 14.1 Å². The monoisotopic (exact) mass is 475 g/mol. The Labute approximate surface area is 190 Å². The highest BCUT2D eigenvalue weighted by Gasteiger charge is 2.16. The molecule has 0 saturated heterocycles. The van der Waals surface area contributed by atoms with Gasteiger partial charge < -0.3 is 14.0 Å². The molecule has 32 heavy (non-hydrogen) atoms. The molecule has 0 radical (unpaired) electrons. The molecule has 0 unspecified atom stereocenters. The highest BCUT2D eigenvalue weighted by atomic mass is 35.5. The lowest BCUT2D eigenvalue weighted by molar-refractivity contribution is -0.145. The van der Waals surface area contributed by atoms with Crippen molar-refractivity contribution in [3.63, 3.8) is 0 Å². The van der Waals surface area contributed by atoms with Crippen molar-refractivity contribution < 1.29 is 14.3 Å². The second-order valence-electron chi connectivity index (χ2n) is 6.89. The van der Waals surface area contributed by atoms with Gasteiger partial charge >= 0.3 is 11.7 Å². The molecular weight excluding hydrogens is 458 g/mol. The van der Waals surface area contributed by atoms with Crippen molar-refractivity contribution in [1.29, 1.82) is 0 Å². The standard InChI is InChI=1S/C20H18ClN5O5S/c1-24-18-17(19(28)25(2)20(24)29)26(11-22-18)7-16(27)31-8-13-10-32-15(23-13)9-30-14-5-3-12(21)4-6-14/h3-6,10-11H,7-9H2,1-2H3. The van der Waals surface area contributed by atoms with Crippen molar-refractivity contribution in [2.75, 3.05) is 0 Å². The van der Waals surface area contributed by atoms with E-state index >= 15 is 0 Å². The van der Waals surface area contributed by atoms with Crippen LogP contribution >= 0.6 is 22.9 Å². The number of benzene rings is 1. The average molecular weight is 476 g/mol. The Morgan fingerprint density at radius 1 is 1.12 bits per heavy atom. The number of halogens is 1. The number of aryl methyl sites for hydroxylation is 1. The minimum absolute atomic E-state index is 0.0145. The summed E-state index contributed by atoms with van der Waals surface area (Å²) in [6.07, 6.45) is 1.34. The van der Waals surface area contributed by atoms with Crippen LogP contribution in [0.5, 0.6) is 5.75 Å². The zero-order valence-corrected chi connectivity index (χ0v) is 18.7. The van der Waals surface area contributed by atoms with Crippen LogP contribution in [0.4, 0.5) is 0 Å². The van der Waals surface area contributed by atoms with Gasteiger partial charge in [-0.15, -0.1) is 11.3 Å². The van der Waals surface area contributed by atoms with E-state index in [2.05, 4.69) is 9.97 Å². The van der Waals surface area contributed by atoms with E-state index in [1.165, 1.54) is 40.9 Å². The molecule has 4 rings (SSSR count). The zero-order valence-electron chi connectivity index (χ0n) is 17.1. The molecule has 0 aliphatic heterocycles. The number of thiazole rings is 1. The molecule has 0 atom stereocenters. The Bertz CT molecular complexity index is 1400. The lowest BCUT2D eigenvalue weighted by Gasteiger charge is -2.07. The largest absolute Gasteiger partial charge is 0.486 e. The van der Waals surface area contributed by atoms with Crippen LogP contribution in [0.25, 0.3) is 11.2 Å². The molecule has 0 bridgehead atoms. The Morgan fingerprint density at radius 2 is 1.88 bits per heavy atom. The minimum Gasteiger partial charge on any atom is -0.486 e. The molecule has 0 spiro atoms. The van der Waals surface area contributed by atoms with Crippen molar-refractivity contribution in [3.8, 4) is 5.75 Å². The highest BCUT2D eigenvalue weighted by molar-refractivity contribution is 7.09. The van der Waals surface area contributed by atoms with E-state index in [-0.39, 0.29) is 30.9 Å². The average Bonchev–Trinajstić information content (AvgIpc) is 3.41. The van der Waals surface area contributed by atoms with Gasteiger partial charge in [0.05, 0.1) is 12.0 Å². The molecule has 0 N–H and O–H groups in total. The molecule has 12 heteroatoms. The first-order valence-electron chi connectivity index (χ1n) is 9.41.